The lowest BCUT2D eigenvalue weighted by atomic mass is 10.2. The van der Waals surface area contributed by atoms with Crippen LogP contribution in [0.2, 0.25) is 0 Å². The average Bonchev–Trinajstić information content (AvgIpc) is 2.53. The van der Waals surface area contributed by atoms with Gasteiger partial charge in [0, 0.05) is 37.9 Å². The maximum atomic E-state index is 12.3. The molecule has 6 nitrogen and oxygen atoms in total. The van der Waals surface area contributed by atoms with Gasteiger partial charge in [-0.1, -0.05) is 0 Å². The first-order chi connectivity index (χ1) is 9.76. The SMILES string of the molecule is CCN(CCO)C(=O)c1ccnc(N2CCOCC2)c1. The van der Waals surface area contributed by atoms with E-state index in [0.717, 1.165) is 18.9 Å². The van der Waals surface area contributed by atoms with Crippen molar-refractivity contribution < 1.29 is 14.6 Å². The van der Waals surface area contributed by atoms with Crippen molar-refractivity contribution in [3.63, 3.8) is 0 Å². The number of aliphatic hydroxyl groups excluding tert-OH is 1. The van der Waals surface area contributed by atoms with Gasteiger partial charge in [-0.15, -0.1) is 0 Å². The monoisotopic (exact) mass is 279 g/mol. The van der Waals surface area contributed by atoms with Gasteiger partial charge in [-0.2, -0.15) is 0 Å². The number of likely N-dealkylation sites (N-methyl/N-ethyl adjacent to an activating group) is 1. The second-order valence-electron chi connectivity index (χ2n) is 4.61. The van der Waals surface area contributed by atoms with Crippen LogP contribution < -0.4 is 4.90 Å². The van der Waals surface area contributed by atoms with Crippen LogP contribution >= 0.6 is 0 Å². The Morgan fingerprint density at radius 3 is 2.90 bits per heavy atom. The largest absolute Gasteiger partial charge is 0.395 e. The molecule has 1 amide bonds. The van der Waals surface area contributed by atoms with E-state index in [1.54, 1.807) is 17.2 Å². The molecule has 20 heavy (non-hydrogen) atoms. The van der Waals surface area contributed by atoms with Gasteiger partial charge in [-0.3, -0.25) is 4.79 Å². The van der Waals surface area contributed by atoms with Crippen molar-refractivity contribution in [1.29, 1.82) is 0 Å². The molecular formula is C14H21N3O3. The van der Waals surface area contributed by atoms with Crippen LogP contribution in [0.4, 0.5) is 5.82 Å². The normalized spacial score (nSPS) is 15.2. The molecule has 6 heteroatoms. The van der Waals surface area contributed by atoms with Gasteiger partial charge in [-0.05, 0) is 19.1 Å². The summed E-state index contributed by atoms with van der Waals surface area (Å²) in [6.45, 7) is 5.76. The Labute approximate surface area is 119 Å². The van der Waals surface area contributed by atoms with Crippen LogP contribution in [0.1, 0.15) is 17.3 Å². The highest BCUT2D eigenvalue weighted by atomic mass is 16.5. The van der Waals surface area contributed by atoms with Crippen molar-refractivity contribution in [3.8, 4) is 0 Å². The zero-order valence-corrected chi connectivity index (χ0v) is 11.8. The summed E-state index contributed by atoms with van der Waals surface area (Å²) < 4.78 is 5.31. The summed E-state index contributed by atoms with van der Waals surface area (Å²) in [5, 5.41) is 8.99. The molecule has 1 saturated heterocycles. The lowest BCUT2D eigenvalue weighted by molar-refractivity contribution is 0.0732. The van der Waals surface area contributed by atoms with E-state index in [9.17, 15) is 4.79 Å². The minimum Gasteiger partial charge on any atom is -0.395 e. The molecule has 0 saturated carbocycles. The van der Waals surface area contributed by atoms with E-state index < -0.39 is 0 Å². The number of hydrogen-bond donors (Lipinski definition) is 1. The minimum atomic E-state index is -0.0709. The smallest absolute Gasteiger partial charge is 0.254 e. The van der Waals surface area contributed by atoms with Gasteiger partial charge in [0.25, 0.3) is 5.91 Å². The number of nitrogens with zero attached hydrogens (tertiary/aromatic N) is 3. The van der Waals surface area contributed by atoms with Gasteiger partial charge >= 0.3 is 0 Å². The quantitative estimate of drug-likeness (QED) is 0.843. The van der Waals surface area contributed by atoms with E-state index >= 15 is 0 Å². The van der Waals surface area contributed by atoms with Crippen LogP contribution in [-0.2, 0) is 4.74 Å². The van der Waals surface area contributed by atoms with Gasteiger partial charge in [0.05, 0.1) is 19.8 Å². The molecule has 1 aliphatic rings. The Morgan fingerprint density at radius 1 is 1.50 bits per heavy atom. The summed E-state index contributed by atoms with van der Waals surface area (Å²) in [6.07, 6.45) is 1.66. The molecule has 110 valence electrons. The molecule has 1 aromatic heterocycles. The molecule has 1 aromatic rings. The van der Waals surface area contributed by atoms with Gasteiger partial charge in [0.1, 0.15) is 5.82 Å². The maximum absolute atomic E-state index is 12.3. The topological polar surface area (TPSA) is 65.9 Å². The third-order valence-corrected chi connectivity index (χ3v) is 3.37. The van der Waals surface area contributed by atoms with Gasteiger partial charge < -0.3 is 19.6 Å². The molecule has 0 aromatic carbocycles. The van der Waals surface area contributed by atoms with Gasteiger partial charge in [-0.25, -0.2) is 4.98 Å². The van der Waals surface area contributed by atoms with E-state index in [1.807, 2.05) is 13.0 Å². The fourth-order valence-corrected chi connectivity index (χ4v) is 2.22. The van der Waals surface area contributed by atoms with Crippen LogP contribution in [0, 0.1) is 0 Å². The summed E-state index contributed by atoms with van der Waals surface area (Å²) in [6, 6.07) is 3.53. The van der Waals surface area contributed by atoms with Crippen LogP contribution in [0.5, 0.6) is 0 Å². The number of aliphatic hydroxyl groups is 1. The maximum Gasteiger partial charge on any atom is 0.254 e. The lowest BCUT2D eigenvalue weighted by Crippen LogP contribution is -2.37. The molecule has 1 aliphatic heterocycles. The lowest BCUT2D eigenvalue weighted by Gasteiger charge is -2.28. The number of carbonyl (C=O) groups excluding carboxylic acids is 1. The first kappa shape index (κ1) is 14.7. The Kier molecular flexibility index (Phi) is 5.31. The predicted octanol–water partition coefficient (Wildman–Crippen LogP) is 0.373. The average molecular weight is 279 g/mol. The van der Waals surface area contributed by atoms with Gasteiger partial charge in [0.15, 0.2) is 0 Å². The fraction of sp³-hybridized carbons (Fsp3) is 0.571. The first-order valence-corrected chi connectivity index (χ1v) is 6.95. The van der Waals surface area contributed by atoms with Crippen molar-refractivity contribution in [2.75, 3.05) is 50.9 Å². The summed E-state index contributed by atoms with van der Waals surface area (Å²) in [7, 11) is 0. The van der Waals surface area contributed by atoms with E-state index in [4.69, 9.17) is 9.84 Å². The van der Waals surface area contributed by atoms with E-state index in [2.05, 4.69) is 9.88 Å². The minimum absolute atomic E-state index is 0.0268. The summed E-state index contributed by atoms with van der Waals surface area (Å²) in [4.78, 5) is 20.4. The third kappa shape index (κ3) is 3.46. The van der Waals surface area contributed by atoms with Crippen molar-refractivity contribution in [2.24, 2.45) is 0 Å². The molecule has 2 rings (SSSR count). The van der Waals surface area contributed by atoms with E-state index in [-0.39, 0.29) is 12.5 Å². The van der Waals surface area contributed by atoms with Crippen molar-refractivity contribution in [3.05, 3.63) is 23.9 Å². The molecule has 2 heterocycles. The van der Waals surface area contributed by atoms with Crippen LogP contribution in [0.3, 0.4) is 0 Å². The Bertz CT molecular complexity index is 447. The number of hydrogen-bond acceptors (Lipinski definition) is 5. The third-order valence-electron chi connectivity index (χ3n) is 3.37. The van der Waals surface area contributed by atoms with Crippen molar-refractivity contribution in [2.45, 2.75) is 6.92 Å². The number of anilines is 1. The number of pyridine rings is 1. The van der Waals surface area contributed by atoms with Crippen LogP contribution in [0.15, 0.2) is 18.3 Å². The summed E-state index contributed by atoms with van der Waals surface area (Å²) in [5.41, 5.74) is 0.608. The number of carbonyl (C=O) groups is 1. The second-order valence-corrected chi connectivity index (χ2v) is 4.61. The Hall–Kier alpha value is -1.66. The van der Waals surface area contributed by atoms with E-state index in [0.29, 0.717) is 31.9 Å². The highest BCUT2D eigenvalue weighted by molar-refractivity contribution is 5.94. The zero-order valence-electron chi connectivity index (χ0n) is 11.8. The number of rotatable bonds is 5. The predicted molar refractivity (Wildman–Crippen MR) is 75.9 cm³/mol. The highest BCUT2D eigenvalue weighted by Crippen LogP contribution is 2.15. The number of aromatic nitrogens is 1. The van der Waals surface area contributed by atoms with Crippen molar-refractivity contribution >= 4 is 11.7 Å². The molecule has 1 fully saturated rings. The fourth-order valence-electron chi connectivity index (χ4n) is 2.22. The highest BCUT2D eigenvalue weighted by Gasteiger charge is 2.17. The van der Waals surface area contributed by atoms with Crippen LogP contribution in [-0.4, -0.2) is 66.9 Å². The molecule has 0 atom stereocenters. The zero-order chi connectivity index (χ0) is 14.4. The molecule has 0 aliphatic carbocycles. The van der Waals surface area contributed by atoms with E-state index in [1.165, 1.54) is 0 Å². The summed E-state index contributed by atoms with van der Waals surface area (Å²) >= 11 is 0. The molecular weight excluding hydrogens is 258 g/mol. The molecule has 1 N–H and O–H groups in total. The van der Waals surface area contributed by atoms with Gasteiger partial charge in [0.2, 0.25) is 0 Å². The Balaban J connectivity index is 2.13. The number of amides is 1. The standard InChI is InChI=1S/C14H21N3O3/c1-2-16(5-8-18)14(19)12-3-4-15-13(11-12)17-6-9-20-10-7-17/h3-4,11,18H,2,5-10H2,1H3. The number of ether oxygens (including phenoxy) is 1. The summed E-state index contributed by atoms with van der Waals surface area (Å²) in [5.74, 6) is 0.734. The second kappa shape index (κ2) is 7.21. The molecule has 0 bridgehead atoms. The first-order valence-electron chi connectivity index (χ1n) is 6.95. The molecule has 0 spiro atoms. The van der Waals surface area contributed by atoms with Crippen molar-refractivity contribution in [1.82, 2.24) is 9.88 Å². The number of morpholine rings is 1. The van der Waals surface area contributed by atoms with Crippen LogP contribution in [0.25, 0.3) is 0 Å². The molecule has 0 unspecified atom stereocenters. The Morgan fingerprint density at radius 2 is 2.25 bits per heavy atom. The molecule has 0 radical (unpaired) electrons.